The van der Waals surface area contributed by atoms with Crippen LogP contribution in [0.25, 0.3) is 0 Å². The summed E-state index contributed by atoms with van der Waals surface area (Å²) in [6.07, 6.45) is 0.303. The second kappa shape index (κ2) is 8.60. The third-order valence-electron chi connectivity index (χ3n) is 4.26. The van der Waals surface area contributed by atoms with E-state index in [1.54, 1.807) is 24.1 Å². The Morgan fingerprint density at radius 1 is 1.40 bits per heavy atom. The molecule has 1 aromatic rings. The minimum absolute atomic E-state index is 0.0475. The molecule has 1 saturated heterocycles. The van der Waals surface area contributed by atoms with Gasteiger partial charge in [-0.25, -0.2) is 8.42 Å². The van der Waals surface area contributed by atoms with Gasteiger partial charge < -0.3 is 4.90 Å². The first-order valence-corrected chi connectivity index (χ1v) is 10.9. The second-order valence-electron chi connectivity index (χ2n) is 5.84. The lowest BCUT2D eigenvalue weighted by Gasteiger charge is -2.37. The largest absolute Gasteiger partial charge is 0.343 e. The fourth-order valence-electron chi connectivity index (χ4n) is 2.70. The van der Waals surface area contributed by atoms with Gasteiger partial charge in [0.25, 0.3) is 10.0 Å². The van der Waals surface area contributed by atoms with Crippen LogP contribution in [0.15, 0.2) is 20.1 Å². The Bertz CT molecular complexity index is 751. The van der Waals surface area contributed by atoms with E-state index in [9.17, 15) is 13.2 Å². The summed E-state index contributed by atoms with van der Waals surface area (Å²) in [6, 6.07) is 5.03. The standard InChI is InChI=1S/C15H21BrN4O3S2/c1-12(15(21)18(2)7-3-6-17)19-8-10-20(11-9-19)25(22,23)14-5-4-13(16)24-14/h4-5,12H,3,7-11H2,1-2H3. The quantitative estimate of drug-likeness (QED) is 0.659. The Morgan fingerprint density at radius 3 is 2.56 bits per heavy atom. The number of likely N-dealkylation sites (N-methyl/N-ethyl adjacent to an activating group) is 1. The summed E-state index contributed by atoms with van der Waals surface area (Å²) < 4.78 is 27.8. The van der Waals surface area contributed by atoms with E-state index in [1.165, 1.54) is 15.6 Å². The molecule has 0 saturated carbocycles. The first kappa shape index (κ1) is 20.3. The second-order valence-corrected chi connectivity index (χ2v) is 10.5. The number of nitrogens with zero attached hydrogens (tertiary/aromatic N) is 4. The molecule has 138 valence electrons. The third-order valence-corrected chi connectivity index (χ3v) is 8.25. The van der Waals surface area contributed by atoms with Crippen LogP contribution in [-0.2, 0) is 14.8 Å². The zero-order chi connectivity index (χ0) is 18.6. The van der Waals surface area contributed by atoms with E-state index in [1.807, 2.05) is 17.9 Å². The maximum Gasteiger partial charge on any atom is 0.252 e. The van der Waals surface area contributed by atoms with Gasteiger partial charge in [-0.2, -0.15) is 9.57 Å². The van der Waals surface area contributed by atoms with E-state index < -0.39 is 10.0 Å². The topological polar surface area (TPSA) is 84.7 Å². The zero-order valence-electron chi connectivity index (χ0n) is 14.2. The van der Waals surface area contributed by atoms with Crippen molar-refractivity contribution in [2.24, 2.45) is 0 Å². The fourth-order valence-corrected chi connectivity index (χ4v) is 6.28. The van der Waals surface area contributed by atoms with Crippen LogP contribution in [0.2, 0.25) is 0 Å². The van der Waals surface area contributed by atoms with E-state index in [0.29, 0.717) is 43.4 Å². The highest BCUT2D eigenvalue weighted by molar-refractivity contribution is 9.11. The Labute approximate surface area is 161 Å². The van der Waals surface area contributed by atoms with Crippen molar-refractivity contribution in [1.29, 1.82) is 5.26 Å². The van der Waals surface area contributed by atoms with Crippen molar-refractivity contribution in [3.8, 4) is 6.07 Å². The SMILES string of the molecule is CC(C(=O)N(C)CCC#N)N1CCN(S(=O)(=O)c2ccc(Br)s2)CC1. The van der Waals surface area contributed by atoms with Crippen molar-refractivity contribution in [2.45, 2.75) is 23.6 Å². The minimum Gasteiger partial charge on any atom is -0.343 e. The Kier molecular flexibility index (Phi) is 6.99. The predicted octanol–water partition coefficient (Wildman–Crippen LogP) is 1.58. The number of hydrogen-bond donors (Lipinski definition) is 0. The number of carbonyl (C=O) groups excluding carboxylic acids is 1. The molecule has 10 heteroatoms. The maximum atomic E-state index is 12.6. The number of nitriles is 1. The van der Waals surface area contributed by atoms with Gasteiger partial charge in [0.2, 0.25) is 5.91 Å². The fraction of sp³-hybridized carbons (Fsp3) is 0.600. The van der Waals surface area contributed by atoms with Crippen LogP contribution in [-0.4, -0.2) is 74.2 Å². The predicted molar refractivity (Wildman–Crippen MR) is 99.7 cm³/mol. The van der Waals surface area contributed by atoms with Gasteiger partial charge in [-0.15, -0.1) is 11.3 Å². The molecule has 0 aliphatic carbocycles. The summed E-state index contributed by atoms with van der Waals surface area (Å²) in [5, 5.41) is 8.62. The molecule has 1 fully saturated rings. The smallest absolute Gasteiger partial charge is 0.252 e. The van der Waals surface area contributed by atoms with Crippen LogP contribution in [0.5, 0.6) is 0 Å². The summed E-state index contributed by atoms with van der Waals surface area (Å²) >= 11 is 4.49. The van der Waals surface area contributed by atoms with Gasteiger partial charge in [-0.3, -0.25) is 9.69 Å². The number of sulfonamides is 1. The first-order valence-electron chi connectivity index (χ1n) is 7.89. The number of rotatable bonds is 6. The zero-order valence-corrected chi connectivity index (χ0v) is 17.4. The van der Waals surface area contributed by atoms with Gasteiger partial charge in [0.05, 0.1) is 22.3 Å². The van der Waals surface area contributed by atoms with E-state index in [4.69, 9.17) is 5.26 Å². The van der Waals surface area contributed by atoms with Gasteiger partial charge in [-0.1, -0.05) is 0 Å². The van der Waals surface area contributed by atoms with Crippen molar-refractivity contribution in [3.05, 3.63) is 15.9 Å². The van der Waals surface area contributed by atoms with Crippen molar-refractivity contribution >= 4 is 43.2 Å². The number of thiophene rings is 1. The molecular formula is C15H21BrN4O3S2. The molecule has 1 aliphatic rings. The van der Waals surface area contributed by atoms with Crippen molar-refractivity contribution < 1.29 is 13.2 Å². The number of carbonyl (C=O) groups is 1. The van der Waals surface area contributed by atoms with E-state index >= 15 is 0 Å². The average Bonchev–Trinajstić information content (AvgIpc) is 3.05. The first-order chi connectivity index (χ1) is 11.8. The number of halogens is 1. The van der Waals surface area contributed by atoms with E-state index in [2.05, 4.69) is 15.9 Å². The highest BCUT2D eigenvalue weighted by atomic mass is 79.9. The molecule has 1 amide bonds. The molecular weight excluding hydrogens is 428 g/mol. The normalized spacial score (nSPS) is 17.8. The molecule has 2 rings (SSSR count). The summed E-state index contributed by atoms with van der Waals surface area (Å²) in [6.45, 7) is 3.96. The third kappa shape index (κ3) is 4.80. The van der Waals surface area contributed by atoms with Crippen LogP contribution >= 0.6 is 27.3 Å². The number of hydrogen-bond acceptors (Lipinski definition) is 6. The van der Waals surface area contributed by atoms with Crippen LogP contribution in [0.3, 0.4) is 0 Å². The highest BCUT2D eigenvalue weighted by Crippen LogP contribution is 2.29. The van der Waals surface area contributed by atoms with Gasteiger partial charge in [0.15, 0.2) is 0 Å². The minimum atomic E-state index is -3.48. The summed E-state index contributed by atoms with van der Waals surface area (Å²) in [5.74, 6) is -0.0475. The molecule has 1 atom stereocenters. The Hall–Kier alpha value is -0.990. The van der Waals surface area contributed by atoms with Gasteiger partial charge >= 0.3 is 0 Å². The summed E-state index contributed by atoms with van der Waals surface area (Å²) in [5.41, 5.74) is 0. The molecule has 1 aliphatic heterocycles. The van der Waals surface area contributed by atoms with Gasteiger partial charge in [-0.05, 0) is 35.0 Å². The molecule has 2 heterocycles. The van der Waals surface area contributed by atoms with Gasteiger partial charge in [0.1, 0.15) is 4.21 Å². The Morgan fingerprint density at radius 2 is 2.04 bits per heavy atom. The lowest BCUT2D eigenvalue weighted by Crippen LogP contribution is -2.55. The lowest BCUT2D eigenvalue weighted by molar-refractivity contribution is -0.135. The van der Waals surface area contributed by atoms with Crippen molar-refractivity contribution in [2.75, 3.05) is 39.8 Å². The van der Waals surface area contributed by atoms with Crippen molar-refractivity contribution in [1.82, 2.24) is 14.1 Å². The van der Waals surface area contributed by atoms with E-state index in [0.717, 1.165) is 3.79 Å². The van der Waals surface area contributed by atoms with Crippen LogP contribution in [0.1, 0.15) is 13.3 Å². The molecule has 0 radical (unpaired) electrons. The lowest BCUT2D eigenvalue weighted by atomic mass is 10.2. The summed E-state index contributed by atoms with van der Waals surface area (Å²) in [4.78, 5) is 15.9. The molecule has 1 unspecified atom stereocenters. The molecule has 0 aromatic carbocycles. The molecule has 0 N–H and O–H groups in total. The Balaban J connectivity index is 1.95. The molecule has 25 heavy (non-hydrogen) atoms. The molecule has 0 spiro atoms. The monoisotopic (exact) mass is 448 g/mol. The molecule has 1 aromatic heterocycles. The molecule has 7 nitrogen and oxygen atoms in total. The summed E-state index contributed by atoms with van der Waals surface area (Å²) in [7, 11) is -1.79. The number of piperazine rings is 1. The highest BCUT2D eigenvalue weighted by Gasteiger charge is 2.33. The van der Waals surface area contributed by atoms with Gasteiger partial charge in [0, 0.05) is 39.8 Å². The number of amides is 1. The van der Waals surface area contributed by atoms with Crippen LogP contribution in [0.4, 0.5) is 0 Å². The molecule has 0 bridgehead atoms. The van der Waals surface area contributed by atoms with Crippen LogP contribution < -0.4 is 0 Å². The average molecular weight is 449 g/mol. The maximum absolute atomic E-state index is 12.6. The van der Waals surface area contributed by atoms with Crippen molar-refractivity contribution in [3.63, 3.8) is 0 Å². The van der Waals surface area contributed by atoms with E-state index in [-0.39, 0.29) is 11.9 Å². The van der Waals surface area contributed by atoms with Crippen LogP contribution in [0, 0.1) is 11.3 Å².